The molecule has 0 bridgehead atoms. The second-order valence-electron chi connectivity index (χ2n) is 3.71. The monoisotopic (exact) mass is 223 g/mol. The number of phenolic OH excluding ortho intramolecular Hbond substituents is 1. The summed E-state index contributed by atoms with van der Waals surface area (Å²) in [4.78, 5) is 13.1. The maximum atomic E-state index is 11.6. The third-order valence-corrected chi connectivity index (χ3v) is 2.37. The van der Waals surface area contributed by atoms with Crippen LogP contribution in [0.1, 0.15) is 18.4 Å². The van der Waals surface area contributed by atoms with Gasteiger partial charge in [-0.25, -0.2) is 0 Å². The predicted molar refractivity (Wildman–Crippen MR) is 60.9 cm³/mol. The fraction of sp³-hybridized carbons (Fsp3) is 0.417. The Labute approximate surface area is 95.1 Å². The number of nitrogens with zero attached hydrogens (tertiary/aromatic N) is 1. The summed E-state index contributed by atoms with van der Waals surface area (Å²) < 4.78 is 0. The molecule has 0 aliphatic carbocycles. The smallest absolute Gasteiger partial charge is 0.222 e. The summed E-state index contributed by atoms with van der Waals surface area (Å²) in [6.07, 6.45) is 0.810. The van der Waals surface area contributed by atoms with Crippen LogP contribution in [0.4, 0.5) is 0 Å². The van der Waals surface area contributed by atoms with Gasteiger partial charge in [0.15, 0.2) is 0 Å². The summed E-state index contributed by atoms with van der Waals surface area (Å²) in [5, 5.41) is 18.2. The lowest BCUT2D eigenvalue weighted by Gasteiger charge is -2.17. The summed E-state index contributed by atoms with van der Waals surface area (Å²) >= 11 is 0. The Morgan fingerprint density at radius 2 is 2.06 bits per heavy atom. The van der Waals surface area contributed by atoms with Gasteiger partial charge in [-0.15, -0.1) is 0 Å². The van der Waals surface area contributed by atoms with Crippen LogP contribution in [-0.4, -0.2) is 34.7 Å². The number of carbonyl (C=O) groups excluding carboxylic acids is 1. The number of rotatable bonds is 5. The van der Waals surface area contributed by atoms with E-state index < -0.39 is 0 Å². The fourth-order valence-electron chi connectivity index (χ4n) is 1.41. The van der Waals surface area contributed by atoms with Crippen molar-refractivity contribution in [3.8, 4) is 5.75 Å². The van der Waals surface area contributed by atoms with Crippen LogP contribution < -0.4 is 0 Å². The minimum Gasteiger partial charge on any atom is -0.508 e. The van der Waals surface area contributed by atoms with E-state index in [4.69, 9.17) is 5.11 Å². The van der Waals surface area contributed by atoms with Crippen LogP contribution in [0.25, 0.3) is 0 Å². The lowest BCUT2D eigenvalue weighted by molar-refractivity contribution is -0.130. The van der Waals surface area contributed by atoms with Crippen molar-refractivity contribution in [2.24, 2.45) is 0 Å². The number of carbonyl (C=O) groups is 1. The first-order valence-electron chi connectivity index (χ1n) is 5.27. The van der Waals surface area contributed by atoms with Crippen LogP contribution in [0.15, 0.2) is 24.3 Å². The van der Waals surface area contributed by atoms with Gasteiger partial charge in [-0.2, -0.15) is 0 Å². The molecule has 0 saturated carbocycles. The first-order valence-corrected chi connectivity index (χ1v) is 5.27. The van der Waals surface area contributed by atoms with Crippen molar-refractivity contribution in [2.45, 2.75) is 19.4 Å². The van der Waals surface area contributed by atoms with Gasteiger partial charge in [-0.05, 0) is 12.5 Å². The van der Waals surface area contributed by atoms with E-state index in [1.807, 2.05) is 6.07 Å². The highest BCUT2D eigenvalue weighted by Crippen LogP contribution is 2.17. The van der Waals surface area contributed by atoms with Crippen LogP contribution in [0.3, 0.4) is 0 Å². The normalized spacial score (nSPS) is 10.1. The second-order valence-corrected chi connectivity index (χ2v) is 3.71. The number of hydrogen-bond acceptors (Lipinski definition) is 3. The van der Waals surface area contributed by atoms with Gasteiger partial charge in [-0.1, -0.05) is 18.2 Å². The van der Waals surface area contributed by atoms with Gasteiger partial charge in [0.1, 0.15) is 5.75 Å². The molecule has 0 atom stereocenters. The van der Waals surface area contributed by atoms with Gasteiger partial charge in [-0.3, -0.25) is 4.79 Å². The van der Waals surface area contributed by atoms with Gasteiger partial charge in [0.25, 0.3) is 0 Å². The predicted octanol–water partition coefficient (Wildman–Crippen LogP) is 1.12. The van der Waals surface area contributed by atoms with Gasteiger partial charge < -0.3 is 15.1 Å². The summed E-state index contributed by atoms with van der Waals surface area (Å²) in [5.74, 6) is 0.168. The number of amides is 1. The highest BCUT2D eigenvalue weighted by atomic mass is 16.3. The molecule has 1 aromatic rings. The molecule has 1 rings (SSSR count). The maximum absolute atomic E-state index is 11.6. The highest BCUT2D eigenvalue weighted by molar-refractivity contribution is 5.75. The van der Waals surface area contributed by atoms with Gasteiger partial charge in [0.2, 0.25) is 5.91 Å². The Morgan fingerprint density at radius 1 is 1.38 bits per heavy atom. The van der Waals surface area contributed by atoms with Crippen molar-refractivity contribution in [2.75, 3.05) is 13.7 Å². The molecule has 0 heterocycles. The van der Waals surface area contributed by atoms with E-state index in [2.05, 4.69) is 0 Å². The molecule has 0 aliphatic heterocycles. The standard InChI is InChI=1S/C12H17NO3/c1-13(12(16)7-4-8-14)9-10-5-2-3-6-11(10)15/h2-3,5-6,14-15H,4,7-9H2,1H3. The Balaban J connectivity index is 2.54. The molecular weight excluding hydrogens is 206 g/mol. The van der Waals surface area contributed by atoms with E-state index >= 15 is 0 Å². The number of aliphatic hydroxyl groups is 1. The first-order chi connectivity index (χ1) is 7.65. The lowest BCUT2D eigenvalue weighted by Crippen LogP contribution is -2.26. The summed E-state index contributed by atoms with van der Waals surface area (Å²) in [7, 11) is 1.69. The zero-order valence-electron chi connectivity index (χ0n) is 9.39. The molecular formula is C12H17NO3. The number of benzene rings is 1. The van der Waals surface area contributed by atoms with Crippen LogP contribution in [-0.2, 0) is 11.3 Å². The van der Waals surface area contributed by atoms with Crippen LogP contribution in [0, 0.1) is 0 Å². The van der Waals surface area contributed by atoms with Crippen LogP contribution in [0.2, 0.25) is 0 Å². The van der Waals surface area contributed by atoms with E-state index in [1.54, 1.807) is 30.1 Å². The Hall–Kier alpha value is -1.55. The molecule has 1 amide bonds. The number of hydrogen-bond donors (Lipinski definition) is 2. The quantitative estimate of drug-likeness (QED) is 0.786. The number of aromatic hydroxyl groups is 1. The minimum atomic E-state index is -0.0303. The van der Waals surface area contributed by atoms with Crippen LogP contribution >= 0.6 is 0 Å². The molecule has 0 spiro atoms. The largest absolute Gasteiger partial charge is 0.508 e. The average Bonchev–Trinajstić information content (AvgIpc) is 2.28. The maximum Gasteiger partial charge on any atom is 0.222 e. The lowest BCUT2D eigenvalue weighted by atomic mass is 10.2. The Bertz CT molecular complexity index is 352. The molecule has 0 saturated heterocycles. The third kappa shape index (κ3) is 3.55. The average molecular weight is 223 g/mol. The number of aliphatic hydroxyl groups excluding tert-OH is 1. The van der Waals surface area contributed by atoms with Crippen molar-refractivity contribution >= 4 is 5.91 Å². The SMILES string of the molecule is CN(Cc1ccccc1O)C(=O)CCCO. The first kappa shape index (κ1) is 12.5. The van der Waals surface area contributed by atoms with E-state index in [9.17, 15) is 9.90 Å². The van der Waals surface area contributed by atoms with Crippen molar-refractivity contribution in [1.29, 1.82) is 0 Å². The fourth-order valence-corrected chi connectivity index (χ4v) is 1.41. The molecule has 0 unspecified atom stereocenters. The van der Waals surface area contributed by atoms with E-state index in [-0.39, 0.29) is 18.3 Å². The minimum absolute atomic E-state index is 0.0240. The molecule has 0 radical (unpaired) electrons. The molecule has 0 aromatic heterocycles. The molecule has 88 valence electrons. The van der Waals surface area contributed by atoms with E-state index in [0.29, 0.717) is 19.4 Å². The summed E-state index contributed by atoms with van der Waals surface area (Å²) in [6, 6.07) is 6.94. The van der Waals surface area contributed by atoms with Gasteiger partial charge in [0.05, 0.1) is 0 Å². The number of phenols is 1. The zero-order chi connectivity index (χ0) is 12.0. The molecule has 16 heavy (non-hydrogen) atoms. The van der Waals surface area contributed by atoms with Crippen LogP contribution in [0.5, 0.6) is 5.75 Å². The van der Waals surface area contributed by atoms with E-state index in [0.717, 1.165) is 5.56 Å². The Kier molecular flexibility index (Phi) is 4.79. The topological polar surface area (TPSA) is 60.8 Å². The third-order valence-electron chi connectivity index (χ3n) is 2.37. The Morgan fingerprint density at radius 3 is 2.69 bits per heavy atom. The van der Waals surface area contributed by atoms with E-state index in [1.165, 1.54) is 0 Å². The molecule has 0 aliphatic rings. The van der Waals surface area contributed by atoms with Crippen molar-refractivity contribution in [1.82, 2.24) is 4.90 Å². The zero-order valence-corrected chi connectivity index (χ0v) is 9.39. The molecule has 1 aromatic carbocycles. The second kappa shape index (κ2) is 6.12. The number of para-hydroxylation sites is 1. The van der Waals surface area contributed by atoms with Crippen molar-refractivity contribution in [3.05, 3.63) is 29.8 Å². The molecule has 4 nitrogen and oxygen atoms in total. The van der Waals surface area contributed by atoms with Gasteiger partial charge in [0, 0.05) is 32.2 Å². The van der Waals surface area contributed by atoms with Gasteiger partial charge >= 0.3 is 0 Å². The molecule has 2 N–H and O–H groups in total. The summed E-state index contributed by atoms with van der Waals surface area (Å²) in [6.45, 7) is 0.410. The highest BCUT2D eigenvalue weighted by Gasteiger charge is 2.10. The van der Waals surface area contributed by atoms with Crippen molar-refractivity contribution in [3.63, 3.8) is 0 Å². The summed E-state index contributed by atoms with van der Waals surface area (Å²) in [5.41, 5.74) is 0.724. The molecule has 0 fully saturated rings. The molecule has 4 heteroatoms. The van der Waals surface area contributed by atoms with Crippen molar-refractivity contribution < 1.29 is 15.0 Å².